The fraction of sp³-hybridized carbons (Fsp3) is 0.333. The van der Waals surface area contributed by atoms with Crippen molar-refractivity contribution in [3.63, 3.8) is 0 Å². The fourth-order valence-electron chi connectivity index (χ4n) is 2.66. The predicted octanol–water partition coefficient (Wildman–Crippen LogP) is 1.18. The summed E-state index contributed by atoms with van der Waals surface area (Å²) in [6.07, 6.45) is 3.00. The third kappa shape index (κ3) is 2.34. The van der Waals surface area contributed by atoms with Crippen molar-refractivity contribution in [2.24, 2.45) is 0 Å². The minimum atomic E-state index is 0.160. The molecule has 0 atom stereocenters. The minimum Gasteiger partial charge on any atom is -0.492 e. The van der Waals surface area contributed by atoms with Crippen LogP contribution in [-0.4, -0.2) is 30.8 Å². The van der Waals surface area contributed by atoms with Gasteiger partial charge in [0.25, 0.3) is 0 Å². The summed E-state index contributed by atoms with van der Waals surface area (Å²) in [5, 5.41) is 0. The molecule has 0 saturated carbocycles. The lowest BCUT2D eigenvalue weighted by molar-refractivity contribution is 0.308. The van der Waals surface area contributed by atoms with E-state index in [1.807, 2.05) is 0 Å². The van der Waals surface area contributed by atoms with Crippen molar-refractivity contribution in [1.82, 2.24) is 9.97 Å². The van der Waals surface area contributed by atoms with Gasteiger partial charge >= 0.3 is 0 Å². The lowest BCUT2D eigenvalue weighted by atomic mass is 10.0. The smallest absolute Gasteiger partial charge is 0.221 e. The van der Waals surface area contributed by atoms with Gasteiger partial charge in [-0.3, -0.25) is 0 Å². The second-order valence-electron chi connectivity index (χ2n) is 5.00. The van der Waals surface area contributed by atoms with Crippen LogP contribution >= 0.6 is 0 Å². The van der Waals surface area contributed by atoms with Gasteiger partial charge in [0.05, 0.1) is 20.8 Å². The maximum Gasteiger partial charge on any atom is 0.221 e. The van der Waals surface area contributed by atoms with E-state index < -0.39 is 0 Å². The lowest BCUT2D eigenvalue weighted by Gasteiger charge is -2.16. The Bertz CT molecular complexity index is 718. The highest BCUT2D eigenvalue weighted by Crippen LogP contribution is 2.45. The van der Waals surface area contributed by atoms with Crippen molar-refractivity contribution in [1.29, 1.82) is 0 Å². The van der Waals surface area contributed by atoms with E-state index in [-0.39, 0.29) is 5.95 Å². The molecule has 7 heteroatoms. The third-order valence-corrected chi connectivity index (χ3v) is 3.67. The van der Waals surface area contributed by atoms with Gasteiger partial charge in [-0.15, -0.1) is 0 Å². The number of ether oxygens (including phenoxy) is 3. The first kappa shape index (κ1) is 14.2. The average Bonchev–Trinajstić information content (AvgIpc) is 2.96. The highest BCUT2D eigenvalue weighted by atomic mass is 16.5. The number of nitrogen functional groups attached to an aromatic ring is 2. The molecule has 0 amide bonds. The maximum absolute atomic E-state index is 5.92. The summed E-state index contributed by atoms with van der Waals surface area (Å²) in [6.45, 7) is 0.644. The number of benzene rings is 1. The molecule has 116 valence electrons. The van der Waals surface area contributed by atoms with E-state index in [0.717, 1.165) is 28.9 Å². The molecule has 0 bridgehead atoms. The maximum atomic E-state index is 5.92. The predicted molar refractivity (Wildman–Crippen MR) is 82.4 cm³/mol. The zero-order valence-corrected chi connectivity index (χ0v) is 12.5. The summed E-state index contributed by atoms with van der Waals surface area (Å²) in [5.41, 5.74) is 14.3. The van der Waals surface area contributed by atoms with Crippen molar-refractivity contribution >= 4 is 11.8 Å². The zero-order chi connectivity index (χ0) is 15.7. The molecule has 0 fully saturated rings. The monoisotopic (exact) mass is 302 g/mol. The fourth-order valence-corrected chi connectivity index (χ4v) is 2.66. The molecule has 1 aliphatic heterocycles. The van der Waals surface area contributed by atoms with Crippen LogP contribution < -0.4 is 25.7 Å². The van der Waals surface area contributed by atoms with Crippen molar-refractivity contribution < 1.29 is 14.2 Å². The van der Waals surface area contributed by atoms with Crippen molar-refractivity contribution in [3.8, 4) is 17.2 Å². The van der Waals surface area contributed by atoms with Crippen molar-refractivity contribution in [3.05, 3.63) is 29.0 Å². The summed E-state index contributed by atoms with van der Waals surface area (Å²) in [7, 11) is 3.20. The summed E-state index contributed by atoms with van der Waals surface area (Å²) < 4.78 is 16.6. The number of anilines is 2. The number of aromatic nitrogens is 2. The molecule has 0 radical (unpaired) electrons. The molecule has 1 aromatic heterocycles. The van der Waals surface area contributed by atoms with E-state index in [9.17, 15) is 0 Å². The van der Waals surface area contributed by atoms with Crippen molar-refractivity contribution in [2.45, 2.75) is 12.8 Å². The molecule has 1 aromatic carbocycles. The molecule has 0 saturated heterocycles. The second-order valence-corrected chi connectivity index (χ2v) is 5.00. The van der Waals surface area contributed by atoms with Gasteiger partial charge in [0.1, 0.15) is 5.82 Å². The lowest BCUT2D eigenvalue weighted by Crippen LogP contribution is -2.05. The normalized spacial score (nSPS) is 12.6. The van der Waals surface area contributed by atoms with E-state index in [2.05, 4.69) is 16.0 Å². The first-order chi connectivity index (χ1) is 10.6. The van der Waals surface area contributed by atoms with Crippen LogP contribution in [0.2, 0.25) is 0 Å². The standard InChI is InChI=1S/C15H18N4O3/c1-20-11-9(6-10-7-18-15(17)19-14(10)16)5-8-3-4-22-12(8)13(11)21-2/h5,7H,3-4,6H2,1-2H3,(H4,16,17,18,19). The molecular formula is C15H18N4O3. The Morgan fingerprint density at radius 2 is 1.95 bits per heavy atom. The van der Waals surface area contributed by atoms with E-state index in [4.69, 9.17) is 25.7 Å². The first-order valence-corrected chi connectivity index (χ1v) is 6.90. The summed E-state index contributed by atoms with van der Waals surface area (Å²) >= 11 is 0. The van der Waals surface area contributed by atoms with Crippen LogP contribution in [-0.2, 0) is 12.8 Å². The molecule has 1 aliphatic rings. The van der Waals surface area contributed by atoms with E-state index >= 15 is 0 Å². The Kier molecular flexibility index (Phi) is 3.62. The first-order valence-electron chi connectivity index (χ1n) is 6.90. The van der Waals surface area contributed by atoms with Gasteiger partial charge in [-0.25, -0.2) is 4.98 Å². The Hall–Kier alpha value is -2.70. The van der Waals surface area contributed by atoms with Gasteiger partial charge < -0.3 is 25.7 Å². The van der Waals surface area contributed by atoms with Gasteiger partial charge in [-0.1, -0.05) is 0 Å². The Labute approximate surface area is 128 Å². The quantitative estimate of drug-likeness (QED) is 0.873. The molecule has 22 heavy (non-hydrogen) atoms. The van der Waals surface area contributed by atoms with Crippen molar-refractivity contribution in [2.75, 3.05) is 32.3 Å². The largest absolute Gasteiger partial charge is 0.492 e. The minimum absolute atomic E-state index is 0.160. The van der Waals surface area contributed by atoms with Crippen LogP contribution in [0.15, 0.2) is 12.3 Å². The highest BCUT2D eigenvalue weighted by molar-refractivity contribution is 5.62. The third-order valence-electron chi connectivity index (χ3n) is 3.67. The number of hydrogen-bond acceptors (Lipinski definition) is 7. The molecule has 2 heterocycles. The zero-order valence-electron chi connectivity index (χ0n) is 12.5. The Balaban J connectivity index is 2.06. The number of rotatable bonds is 4. The van der Waals surface area contributed by atoms with Gasteiger partial charge in [0, 0.05) is 35.7 Å². The van der Waals surface area contributed by atoms with Crippen LogP contribution in [0.3, 0.4) is 0 Å². The molecule has 3 rings (SSSR count). The molecule has 4 N–H and O–H groups in total. The average molecular weight is 302 g/mol. The highest BCUT2D eigenvalue weighted by Gasteiger charge is 2.25. The van der Waals surface area contributed by atoms with Gasteiger partial charge in [0.15, 0.2) is 11.5 Å². The van der Waals surface area contributed by atoms with Crippen LogP contribution in [0.1, 0.15) is 16.7 Å². The molecule has 0 aliphatic carbocycles. The van der Waals surface area contributed by atoms with E-state index in [1.54, 1.807) is 20.4 Å². The summed E-state index contributed by atoms with van der Waals surface area (Å²) in [6, 6.07) is 2.06. The Morgan fingerprint density at radius 3 is 2.64 bits per heavy atom. The number of hydrogen-bond donors (Lipinski definition) is 2. The molecule has 2 aromatic rings. The van der Waals surface area contributed by atoms with Crippen LogP contribution in [0.4, 0.5) is 11.8 Å². The topological polar surface area (TPSA) is 106 Å². The van der Waals surface area contributed by atoms with Crippen LogP contribution in [0.25, 0.3) is 0 Å². The van der Waals surface area contributed by atoms with E-state index in [0.29, 0.717) is 30.3 Å². The Morgan fingerprint density at radius 1 is 1.18 bits per heavy atom. The van der Waals surface area contributed by atoms with Gasteiger partial charge in [-0.2, -0.15) is 4.98 Å². The van der Waals surface area contributed by atoms with Gasteiger partial charge in [0.2, 0.25) is 11.7 Å². The molecule has 7 nitrogen and oxygen atoms in total. The van der Waals surface area contributed by atoms with Crippen LogP contribution in [0.5, 0.6) is 17.2 Å². The van der Waals surface area contributed by atoms with E-state index in [1.165, 1.54) is 0 Å². The van der Waals surface area contributed by atoms with Gasteiger partial charge in [-0.05, 0) is 6.07 Å². The second kappa shape index (κ2) is 5.59. The number of fused-ring (bicyclic) bond motifs is 1. The number of nitrogens with two attached hydrogens (primary N) is 2. The molecular weight excluding hydrogens is 284 g/mol. The summed E-state index contributed by atoms with van der Waals surface area (Å²) in [4.78, 5) is 7.98. The number of methoxy groups -OCH3 is 2. The van der Waals surface area contributed by atoms with Crippen LogP contribution in [0, 0.1) is 0 Å². The number of nitrogens with zero attached hydrogens (tertiary/aromatic N) is 2. The summed E-state index contributed by atoms with van der Waals surface area (Å²) in [5.74, 6) is 2.53. The molecule has 0 unspecified atom stereocenters. The SMILES string of the molecule is COc1c(Cc2cnc(N)nc2N)cc2c(c1OC)OCC2. The molecule has 0 spiro atoms.